The summed E-state index contributed by atoms with van der Waals surface area (Å²) in [5.74, 6) is 0.208. The van der Waals surface area contributed by atoms with Gasteiger partial charge in [0, 0.05) is 46.8 Å². The second-order valence-electron chi connectivity index (χ2n) is 6.27. The number of carbonyl (C=O) groups is 2. The van der Waals surface area contributed by atoms with Crippen molar-refractivity contribution in [2.75, 3.05) is 34.3 Å². The number of nitrogens with zero attached hydrogens (tertiary/aromatic N) is 3. The van der Waals surface area contributed by atoms with E-state index in [9.17, 15) is 9.59 Å². The zero-order chi connectivity index (χ0) is 17.5. The van der Waals surface area contributed by atoms with Crippen molar-refractivity contribution in [1.82, 2.24) is 19.8 Å². The van der Waals surface area contributed by atoms with E-state index < -0.39 is 0 Å². The zero-order valence-electron chi connectivity index (χ0n) is 14.6. The molecule has 0 bridgehead atoms. The van der Waals surface area contributed by atoms with Crippen molar-refractivity contribution in [2.45, 2.75) is 25.4 Å². The van der Waals surface area contributed by atoms with Crippen LogP contribution in [-0.2, 0) is 14.3 Å². The molecular weight excluding hydrogens is 308 g/mol. The summed E-state index contributed by atoms with van der Waals surface area (Å²) in [4.78, 5) is 34.6. The highest BCUT2D eigenvalue weighted by Gasteiger charge is 2.29. The molecule has 0 radical (unpaired) electrons. The van der Waals surface area contributed by atoms with E-state index in [0.717, 1.165) is 18.5 Å². The summed E-state index contributed by atoms with van der Waals surface area (Å²) in [5.41, 5.74) is 0.794. The zero-order valence-corrected chi connectivity index (χ0v) is 14.6. The molecule has 0 aromatic carbocycles. The lowest BCUT2D eigenvalue weighted by atomic mass is 9.93. The van der Waals surface area contributed by atoms with Crippen LogP contribution in [0, 0.1) is 5.92 Å². The van der Waals surface area contributed by atoms with Crippen molar-refractivity contribution in [3.63, 3.8) is 0 Å². The predicted molar refractivity (Wildman–Crippen MR) is 91.0 cm³/mol. The molecule has 0 aliphatic carbocycles. The van der Waals surface area contributed by atoms with E-state index in [0.29, 0.717) is 19.5 Å². The van der Waals surface area contributed by atoms with Gasteiger partial charge < -0.3 is 19.5 Å². The number of amides is 2. The molecule has 2 atom stereocenters. The molecule has 1 fully saturated rings. The van der Waals surface area contributed by atoms with Gasteiger partial charge in [-0.25, -0.2) is 4.98 Å². The Morgan fingerprint density at radius 2 is 2.17 bits per heavy atom. The highest BCUT2D eigenvalue weighted by molar-refractivity contribution is 5.91. The Labute approximate surface area is 142 Å². The molecule has 7 heteroatoms. The highest BCUT2D eigenvalue weighted by atomic mass is 16.5. The quantitative estimate of drug-likeness (QED) is 0.820. The van der Waals surface area contributed by atoms with E-state index >= 15 is 0 Å². The number of carbonyl (C=O) groups excluding carboxylic acids is 2. The molecule has 1 aromatic heterocycles. The van der Waals surface area contributed by atoms with Gasteiger partial charge >= 0.3 is 0 Å². The lowest BCUT2D eigenvalue weighted by Crippen LogP contribution is -2.30. The molecule has 1 aliphatic heterocycles. The third kappa shape index (κ3) is 4.92. The first-order valence-corrected chi connectivity index (χ1v) is 8.19. The molecule has 1 saturated heterocycles. The Morgan fingerprint density at radius 3 is 2.79 bits per heavy atom. The number of aromatic amines is 1. The second kappa shape index (κ2) is 8.63. The van der Waals surface area contributed by atoms with Crippen LogP contribution in [0.2, 0.25) is 0 Å². The molecule has 0 saturated carbocycles. The summed E-state index contributed by atoms with van der Waals surface area (Å²) in [5, 5.41) is 0. The number of nitrogens with one attached hydrogen (secondary N) is 1. The number of likely N-dealkylation sites (tertiary alicyclic amines) is 1. The fourth-order valence-electron chi connectivity index (χ4n) is 2.93. The van der Waals surface area contributed by atoms with Crippen LogP contribution in [0.5, 0.6) is 0 Å². The molecule has 2 rings (SSSR count). The molecule has 0 spiro atoms. The summed E-state index contributed by atoms with van der Waals surface area (Å²) in [6, 6.07) is 0. The minimum absolute atomic E-state index is 0.00304. The average Bonchev–Trinajstić information content (AvgIpc) is 3.00. The van der Waals surface area contributed by atoms with Crippen LogP contribution in [0.25, 0.3) is 6.08 Å². The maximum Gasteiger partial charge on any atom is 0.246 e. The second-order valence-corrected chi connectivity index (χ2v) is 6.27. The van der Waals surface area contributed by atoms with Gasteiger partial charge in [-0.3, -0.25) is 9.59 Å². The van der Waals surface area contributed by atoms with Crippen LogP contribution in [0.15, 0.2) is 18.6 Å². The summed E-state index contributed by atoms with van der Waals surface area (Å²) in [6.45, 7) is 1.27. The Kier molecular flexibility index (Phi) is 6.54. The molecule has 2 amide bonds. The number of aromatic nitrogens is 2. The number of hydrogen-bond acceptors (Lipinski definition) is 4. The Balaban J connectivity index is 1.96. The first kappa shape index (κ1) is 18.2. The van der Waals surface area contributed by atoms with Gasteiger partial charge in [-0.05, 0) is 24.8 Å². The SMILES string of the molecule is CO[C@H]1CCN(C(=O)/C=C/c2cnc[nH]2)CC[C@@H]1CC(=O)N(C)C. The maximum absolute atomic E-state index is 12.4. The van der Waals surface area contributed by atoms with E-state index in [4.69, 9.17) is 4.74 Å². The molecule has 0 unspecified atom stereocenters. The molecule has 2 heterocycles. The molecular formula is C17H26N4O3. The number of hydrogen-bond donors (Lipinski definition) is 1. The maximum atomic E-state index is 12.4. The van der Waals surface area contributed by atoms with Gasteiger partial charge in [0.05, 0.1) is 24.3 Å². The lowest BCUT2D eigenvalue weighted by Gasteiger charge is -2.24. The number of H-pyrrole nitrogens is 1. The van der Waals surface area contributed by atoms with Crippen molar-refractivity contribution < 1.29 is 14.3 Å². The molecule has 1 N–H and O–H groups in total. The largest absolute Gasteiger partial charge is 0.381 e. The van der Waals surface area contributed by atoms with Gasteiger partial charge in [-0.15, -0.1) is 0 Å². The van der Waals surface area contributed by atoms with Crippen LogP contribution in [0.4, 0.5) is 0 Å². The minimum atomic E-state index is -0.0287. The minimum Gasteiger partial charge on any atom is -0.381 e. The first-order valence-electron chi connectivity index (χ1n) is 8.19. The van der Waals surface area contributed by atoms with Crippen LogP contribution in [0.1, 0.15) is 25.0 Å². The van der Waals surface area contributed by atoms with Crippen molar-refractivity contribution in [3.8, 4) is 0 Å². The van der Waals surface area contributed by atoms with E-state index in [-0.39, 0.29) is 23.8 Å². The van der Waals surface area contributed by atoms with Crippen LogP contribution < -0.4 is 0 Å². The van der Waals surface area contributed by atoms with Gasteiger partial charge in [0.15, 0.2) is 0 Å². The normalized spacial score (nSPS) is 21.7. The standard InChI is InChI=1S/C17H26N4O3/c1-20(2)17(23)10-13-6-8-21(9-7-15(13)24-3)16(22)5-4-14-11-18-12-19-14/h4-5,11-13,15H,6-10H2,1-3H3,(H,18,19)/b5-4+/t13-,15+/m1/s1. The number of methoxy groups -OCH3 is 1. The number of imidazole rings is 1. The lowest BCUT2D eigenvalue weighted by molar-refractivity contribution is -0.131. The number of ether oxygens (including phenoxy) is 1. The van der Waals surface area contributed by atoms with Crippen molar-refractivity contribution >= 4 is 17.9 Å². The third-order valence-electron chi connectivity index (χ3n) is 4.45. The molecule has 1 aliphatic rings. The van der Waals surface area contributed by atoms with Crippen LogP contribution in [0.3, 0.4) is 0 Å². The third-order valence-corrected chi connectivity index (χ3v) is 4.45. The van der Waals surface area contributed by atoms with E-state index in [1.807, 2.05) is 4.90 Å². The number of rotatable bonds is 5. The van der Waals surface area contributed by atoms with Gasteiger partial charge in [0.1, 0.15) is 0 Å². The average molecular weight is 334 g/mol. The van der Waals surface area contributed by atoms with Crippen molar-refractivity contribution in [1.29, 1.82) is 0 Å². The van der Waals surface area contributed by atoms with E-state index in [1.165, 1.54) is 0 Å². The molecule has 7 nitrogen and oxygen atoms in total. The summed E-state index contributed by atoms with van der Waals surface area (Å²) < 4.78 is 5.57. The molecule has 1 aromatic rings. The molecule has 132 valence electrons. The monoisotopic (exact) mass is 334 g/mol. The van der Waals surface area contributed by atoms with Gasteiger partial charge in [-0.2, -0.15) is 0 Å². The summed E-state index contributed by atoms with van der Waals surface area (Å²) >= 11 is 0. The Morgan fingerprint density at radius 1 is 1.42 bits per heavy atom. The van der Waals surface area contributed by atoms with Gasteiger partial charge in [-0.1, -0.05) is 0 Å². The molecule has 24 heavy (non-hydrogen) atoms. The fraction of sp³-hybridized carbons (Fsp3) is 0.588. The Hall–Kier alpha value is -2.15. The fourth-order valence-corrected chi connectivity index (χ4v) is 2.93. The topological polar surface area (TPSA) is 78.5 Å². The van der Waals surface area contributed by atoms with E-state index in [2.05, 4.69) is 9.97 Å². The first-order chi connectivity index (χ1) is 11.5. The van der Waals surface area contributed by atoms with Crippen LogP contribution in [-0.4, -0.2) is 72.0 Å². The van der Waals surface area contributed by atoms with Gasteiger partial charge in [0.2, 0.25) is 11.8 Å². The van der Waals surface area contributed by atoms with Crippen molar-refractivity contribution in [3.05, 3.63) is 24.3 Å². The van der Waals surface area contributed by atoms with Crippen molar-refractivity contribution in [2.24, 2.45) is 5.92 Å². The highest BCUT2D eigenvalue weighted by Crippen LogP contribution is 2.24. The van der Waals surface area contributed by atoms with Gasteiger partial charge in [0.25, 0.3) is 0 Å². The van der Waals surface area contributed by atoms with Crippen LogP contribution >= 0.6 is 0 Å². The summed E-state index contributed by atoms with van der Waals surface area (Å²) in [7, 11) is 5.20. The Bertz CT molecular complexity index is 568. The smallest absolute Gasteiger partial charge is 0.246 e. The summed E-state index contributed by atoms with van der Waals surface area (Å²) in [6.07, 6.45) is 8.48. The predicted octanol–water partition coefficient (Wildman–Crippen LogP) is 1.15. The van der Waals surface area contributed by atoms with E-state index in [1.54, 1.807) is 50.8 Å².